The van der Waals surface area contributed by atoms with Gasteiger partial charge >= 0.3 is 0 Å². The van der Waals surface area contributed by atoms with Crippen LogP contribution in [0.25, 0.3) is 0 Å². The number of hydrogen-bond acceptors (Lipinski definition) is 2. The summed E-state index contributed by atoms with van der Waals surface area (Å²) in [6, 6.07) is 8.33. The SMILES string of the molecule is Cc1csc(C(O)c2cccc(C3CCC3)c2)c1Cl. The summed E-state index contributed by atoms with van der Waals surface area (Å²) in [6.45, 7) is 1.97. The van der Waals surface area contributed by atoms with Gasteiger partial charge in [-0.15, -0.1) is 11.3 Å². The Morgan fingerprint density at radius 3 is 2.74 bits per heavy atom. The Balaban J connectivity index is 1.90. The lowest BCUT2D eigenvalue weighted by molar-refractivity contribution is 0.224. The van der Waals surface area contributed by atoms with Crippen LogP contribution in [0.4, 0.5) is 0 Å². The molecule has 1 aliphatic carbocycles. The van der Waals surface area contributed by atoms with E-state index >= 15 is 0 Å². The number of thiophene rings is 1. The highest BCUT2D eigenvalue weighted by atomic mass is 35.5. The van der Waals surface area contributed by atoms with Crippen LogP contribution in [0.5, 0.6) is 0 Å². The third kappa shape index (κ3) is 2.45. The van der Waals surface area contributed by atoms with Crippen molar-refractivity contribution < 1.29 is 5.11 Å². The van der Waals surface area contributed by atoms with E-state index in [4.69, 9.17) is 11.6 Å². The Morgan fingerprint density at radius 2 is 2.16 bits per heavy atom. The van der Waals surface area contributed by atoms with Crippen LogP contribution in [-0.2, 0) is 0 Å². The molecule has 1 atom stereocenters. The summed E-state index contributed by atoms with van der Waals surface area (Å²) >= 11 is 7.78. The van der Waals surface area contributed by atoms with Gasteiger partial charge in [-0.25, -0.2) is 0 Å². The number of aliphatic hydroxyl groups excluding tert-OH is 1. The summed E-state index contributed by atoms with van der Waals surface area (Å²) in [6.07, 6.45) is 3.27. The minimum atomic E-state index is -0.605. The van der Waals surface area contributed by atoms with Gasteiger partial charge in [-0.2, -0.15) is 0 Å². The van der Waals surface area contributed by atoms with Gasteiger partial charge in [-0.1, -0.05) is 42.3 Å². The van der Waals surface area contributed by atoms with Gasteiger partial charge in [0.2, 0.25) is 0 Å². The van der Waals surface area contributed by atoms with Crippen LogP contribution in [-0.4, -0.2) is 5.11 Å². The zero-order chi connectivity index (χ0) is 13.4. The summed E-state index contributed by atoms with van der Waals surface area (Å²) in [5, 5.41) is 13.2. The average Bonchev–Trinajstić information content (AvgIpc) is 2.68. The molecule has 3 rings (SSSR count). The molecule has 1 heterocycles. The predicted molar refractivity (Wildman–Crippen MR) is 81.2 cm³/mol. The van der Waals surface area contributed by atoms with E-state index < -0.39 is 6.10 Å². The van der Waals surface area contributed by atoms with Gasteiger partial charge < -0.3 is 5.11 Å². The van der Waals surface area contributed by atoms with E-state index in [1.807, 2.05) is 24.4 Å². The molecule has 1 fully saturated rings. The van der Waals surface area contributed by atoms with E-state index in [0.29, 0.717) is 10.9 Å². The molecule has 0 saturated heterocycles. The minimum Gasteiger partial charge on any atom is -0.383 e. The fraction of sp³-hybridized carbons (Fsp3) is 0.375. The molecule has 3 heteroatoms. The maximum absolute atomic E-state index is 10.5. The first kappa shape index (κ1) is 13.2. The molecule has 1 saturated carbocycles. The quantitative estimate of drug-likeness (QED) is 0.838. The smallest absolute Gasteiger partial charge is 0.115 e. The Hall–Kier alpha value is -0.830. The average molecular weight is 293 g/mol. The second kappa shape index (κ2) is 5.28. The minimum absolute atomic E-state index is 0.605. The van der Waals surface area contributed by atoms with Crippen molar-refractivity contribution in [3.05, 3.63) is 56.2 Å². The normalized spacial score (nSPS) is 17.2. The lowest BCUT2D eigenvalue weighted by Crippen LogP contribution is -2.09. The van der Waals surface area contributed by atoms with Crippen molar-refractivity contribution in [2.75, 3.05) is 0 Å². The molecular weight excluding hydrogens is 276 g/mol. The van der Waals surface area contributed by atoms with E-state index in [-0.39, 0.29) is 0 Å². The first-order chi connectivity index (χ1) is 9.16. The number of aliphatic hydroxyl groups is 1. The molecule has 1 nitrogen and oxygen atoms in total. The van der Waals surface area contributed by atoms with Crippen molar-refractivity contribution in [2.24, 2.45) is 0 Å². The first-order valence-electron chi connectivity index (χ1n) is 6.68. The van der Waals surface area contributed by atoms with Crippen LogP contribution in [0.2, 0.25) is 5.02 Å². The van der Waals surface area contributed by atoms with E-state index in [9.17, 15) is 5.11 Å². The van der Waals surface area contributed by atoms with E-state index in [0.717, 1.165) is 16.0 Å². The van der Waals surface area contributed by atoms with Crippen LogP contribution in [0, 0.1) is 6.92 Å². The Bertz CT molecular complexity index is 586. The topological polar surface area (TPSA) is 20.2 Å². The molecule has 1 aromatic carbocycles. The lowest BCUT2D eigenvalue weighted by atomic mass is 9.79. The maximum Gasteiger partial charge on any atom is 0.115 e. The van der Waals surface area contributed by atoms with Gasteiger partial charge in [0.25, 0.3) is 0 Å². The van der Waals surface area contributed by atoms with Gasteiger partial charge in [0.15, 0.2) is 0 Å². The highest BCUT2D eigenvalue weighted by molar-refractivity contribution is 7.10. The van der Waals surface area contributed by atoms with Gasteiger partial charge in [-0.05, 0) is 47.8 Å². The monoisotopic (exact) mass is 292 g/mol. The highest BCUT2D eigenvalue weighted by Gasteiger charge is 2.22. The molecule has 0 aliphatic heterocycles. The van der Waals surface area contributed by atoms with Crippen molar-refractivity contribution in [1.82, 2.24) is 0 Å². The van der Waals surface area contributed by atoms with Crippen LogP contribution in [0.15, 0.2) is 29.6 Å². The second-order valence-corrected chi connectivity index (χ2v) is 6.59. The van der Waals surface area contributed by atoms with Crippen molar-refractivity contribution in [2.45, 2.75) is 38.2 Å². The fourth-order valence-corrected chi connectivity index (χ4v) is 3.82. The summed E-state index contributed by atoms with van der Waals surface area (Å²) in [7, 11) is 0. The Kier molecular flexibility index (Phi) is 3.66. The van der Waals surface area contributed by atoms with Crippen LogP contribution in [0.1, 0.15) is 52.9 Å². The third-order valence-corrected chi connectivity index (χ3v) is 5.74. The maximum atomic E-state index is 10.5. The molecule has 0 radical (unpaired) electrons. The molecule has 1 N–H and O–H groups in total. The molecule has 0 bridgehead atoms. The second-order valence-electron chi connectivity index (χ2n) is 5.30. The third-order valence-electron chi connectivity index (χ3n) is 3.98. The number of hydrogen-bond donors (Lipinski definition) is 1. The predicted octanol–water partition coefficient (Wildman–Crippen LogP) is 5.06. The molecule has 2 aromatic rings. The standard InChI is InChI=1S/C16H17ClOS/c1-10-9-19-16(14(10)17)15(18)13-7-3-6-12(8-13)11-4-2-5-11/h3,6-9,11,15,18H,2,4-5H2,1H3. The highest BCUT2D eigenvalue weighted by Crippen LogP contribution is 2.39. The first-order valence-corrected chi connectivity index (χ1v) is 7.94. The van der Waals surface area contributed by atoms with Crippen LogP contribution < -0.4 is 0 Å². The van der Waals surface area contributed by atoms with Gasteiger partial charge in [0.05, 0.1) is 9.90 Å². The van der Waals surface area contributed by atoms with Crippen LogP contribution in [0.3, 0.4) is 0 Å². The zero-order valence-electron chi connectivity index (χ0n) is 10.9. The van der Waals surface area contributed by atoms with Crippen molar-refractivity contribution >= 4 is 22.9 Å². The largest absolute Gasteiger partial charge is 0.383 e. The molecule has 19 heavy (non-hydrogen) atoms. The number of halogens is 1. The van der Waals surface area contributed by atoms with E-state index in [2.05, 4.69) is 12.1 Å². The van der Waals surface area contributed by atoms with Crippen molar-refractivity contribution in [3.63, 3.8) is 0 Å². The van der Waals surface area contributed by atoms with Crippen LogP contribution >= 0.6 is 22.9 Å². The number of rotatable bonds is 3. The molecule has 0 amide bonds. The molecular formula is C16H17ClOS. The molecule has 1 aliphatic rings. The van der Waals surface area contributed by atoms with E-state index in [1.54, 1.807) is 0 Å². The van der Waals surface area contributed by atoms with Crippen molar-refractivity contribution in [3.8, 4) is 0 Å². The summed E-state index contributed by atoms with van der Waals surface area (Å²) in [4.78, 5) is 0.852. The summed E-state index contributed by atoms with van der Waals surface area (Å²) < 4.78 is 0. The molecule has 0 spiro atoms. The summed E-state index contributed by atoms with van der Waals surface area (Å²) in [5.41, 5.74) is 3.34. The Morgan fingerprint density at radius 1 is 1.37 bits per heavy atom. The van der Waals surface area contributed by atoms with E-state index in [1.165, 1.54) is 36.2 Å². The number of benzene rings is 1. The van der Waals surface area contributed by atoms with Gasteiger partial charge in [0, 0.05) is 0 Å². The van der Waals surface area contributed by atoms with Gasteiger partial charge in [0.1, 0.15) is 6.10 Å². The van der Waals surface area contributed by atoms with Crippen molar-refractivity contribution in [1.29, 1.82) is 0 Å². The lowest BCUT2D eigenvalue weighted by Gasteiger charge is -2.26. The Labute approximate surface area is 122 Å². The molecule has 1 unspecified atom stereocenters. The fourth-order valence-electron chi connectivity index (χ4n) is 2.51. The summed E-state index contributed by atoms with van der Waals surface area (Å²) in [5.74, 6) is 0.688. The van der Waals surface area contributed by atoms with Gasteiger partial charge in [-0.3, -0.25) is 0 Å². The molecule has 100 valence electrons. The molecule has 1 aromatic heterocycles. The zero-order valence-corrected chi connectivity index (χ0v) is 12.5. The number of aryl methyl sites for hydroxylation is 1.